The summed E-state index contributed by atoms with van der Waals surface area (Å²) in [6.45, 7) is 36.3. The fourth-order valence-corrected chi connectivity index (χ4v) is 5.31. The number of aryl methyl sites for hydroxylation is 2. The Hall–Kier alpha value is -0.660. The molecular formula is C38H56Cl2SiZr-2. The van der Waals surface area contributed by atoms with Crippen LogP contribution in [0, 0.1) is 13.8 Å². The van der Waals surface area contributed by atoms with Crippen LogP contribution in [-0.2, 0) is 39.6 Å². The average Bonchev–Trinajstić information content (AvgIpc) is 3.35. The van der Waals surface area contributed by atoms with Crippen molar-refractivity contribution in [2.24, 2.45) is 0 Å². The normalized spacial score (nSPS) is 12.5. The van der Waals surface area contributed by atoms with Crippen molar-refractivity contribution in [1.29, 1.82) is 0 Å². The molecule has 0 saturated carbocycles. The number of halogens is 2. The molecular weight excluding hydrogens is 647 g/mol. The van der Waals surface area contributed by atoms with Crippen molar-refractivity contribution >= 4 is 44.0 Å². The molecule has 0 atom stereocenters. The largest absolute Gasteiger partial charge is 0.165 e. The van der Waals surface area contributed by atoms with Crippen molar-refractivity contribution in [3.8, 4) is 0 Å². The van der Waals surface area contributed by atoms with Gasteiger partial charge in [-0.2, -0.15) is 12.1 Å². The molecule has 4 heteroatoms. The van der Waals surface area contributed by atoms with E-state index in [0.29, 0.717) is 0 Å². The molecule has 232 valence electrons. The van der Waals surface area contributed by atoms with Gasteiger partial charge in [0, 0.05) is 0 Å². The summed E-state index contributed by atoms with van der Waals surface area (Å²) in [6, 6.07) is 18.7. The molecule has 0 aromatic heterocycles. The Morgan fingerprint density at radius 1 is 0.500 bits per heavy atom. The van der Waals surface area contributed by atoms with E-state index in [4.69, 9.17) is 17.0 Å². The molecule has 0 saturated heterocycles. The fourth-order valence-electron chi connectivity index (χ4n) is 5.31. The fraction of sp³-hybridized carbons (Fsp3) is 0.526. The first-order valence-corrected chi connectivity index (χ1v) is 27.8. The van der Waals surface area contributed by atoms with Gasteiger partial charge >= 0.3 is 53.5 Å². The Kier molecular flexibility index (Phi) is 12.3. The Morgan fingerprint density at radius 3 is 0.952 bits per heavy atom. The minimum Gasteiger partial charge on any atom is -0.165 e. The van der Waals surface area contributed by atoms with E-state index in [0.717, 1.165) is 0 Å². The molecule has 0 spiro atoms. The average molecular weight is 703 g/mol. The van der Waals surface area contributed by atoms with Gasteiger partial charge in [-0.05, 0) is 21.7 Å². The van der Waals surface area contributed by atoms with E-state index in [1.165, 1.54) is 54.9 Å². The van der Waals surface area contributed by atoms with Crippen LogP contribution in [0.5, 0.6) is 0 Å². The van der Waals surface area contributed by atoms with Gasteiger partial charge in [-0.15, -0.1) is 69.1 Å². The van der Waals surface area contributed by atoms with Crippen molar-refractivity contribution in [1.82, 2.24) is 0 Å². The Bertz CT molecular complexity index is 1320. The van der Waals surface area contributed by atoms with Crippen LogP contribution in [0.2, 0.25) is 13.1 Å². The third-order valence-electron chi connectivity index (χ3n) is 7.59. The van der Waals surface area contributed by atoms with Crippen LogP contribution in [-0.4, -0.2) is 5.43 Å². The molecule has 0 radical (unpaired) electrons. The third kappa shape index (κ3) is 10.2. The zero-order chi connectivity index (χ0) is 32.6. The summed E-state index contributed by atoms with van der Waals surface area (Å²) >= 11 is -1.65. The van der Waals surface area contributed by atoms with Gasteiger partial charge in [0.2, 0.25) is 0 Å². The van der Waals surface area contributed by atoms with Crippen molar-refractivity contribution in [2.75, 3.05) is 0 Å². The zero-order valence-electron chi connectivity index (χ0n) is 29.4. The van der Waals surface area contributed by atoms with E-state index < -0.39 is 18.0 Å². The van der Waals surface area contributed by atoms with Gasteiger partial charge in [-0.25, -0.2) is 0 Å². The monoisotopic (exact) mass is 700 g/mol. The number of fused-ring (bicyclic) bond motifs is 2. The van der Waals surface area contributed by atoms with Crippen LogP contribution in [0.25, 0.3) is 21.5 Å². The van der Waals surface area contributed by atoms with Crippen molar-refractivity contribution in [2.45, 2.75) is 132 Å². The molecule has 0 amide bonds. The van der Waals surface area contributed by atoms with Crippen LogP contribution < -0.4 is 0 Å². The summed E-state index contributed by atoms with van der Waals surface area (Å²) in [6.07, 6.45) is 0. The predicted octanol–water partition coefficient (Wildman–Crippen LogP) is 13.1. The number of benzene rings is 2. The van der Waals surface area contributed by atoms with E-state index in [1.807, 2.05) is 0 Å². The van der Waals surface area contributed by atoms with E-state index in [9.17, 15) is 0 Å². The Morgan fingerprint density at radius 2 is 0.738 bits per heavy atom. The summed E-state index contributed by atoms with van der Waals surface area (Å²) in [5, 5.41) is 5.52. The second-order valence-electron chi connectivity index (χ2n) is 16.4. The minimum absolute atomic E-state index is 0.196. The molecule has 0 N–H and O–H groups in total. The van der Waals surface area contributed by atoms with Gasteiger partial charge < -0.3 is 0 Å². The minimum atomic E-state index is -1.65. The van der Waals surface area contributed by atoms with E-state index >= 15 is 0 Å². The van der Waals surface area contributed by atoms with Crippen molar-refractivity contribution < 1.29 is 18.0 Å². The zero-order valence-corrected chi connectivity index (χ0v) is 34.3. The first-order chi connectivity index (χ1) is 18.8. The maximum atomic E-state index is 5.62. The molecule has 0 fully saturated rings. The van der Waals surface area contributed by atoms with E-state index in [2.05, 4.69) is 159 Å². The van der Waals surface area contributed by atoms with E-state index in [1.54, 1.807) is 0 Å². The van der Waals surface area contributed by atoms with Crippen molar-refractivity contribution in [3.05, 3.63) is 81.9 Å². The molecule has 0 aliphatic rings. The molecule has 4 rings (SSSR count). The second-order valence-corrected chi connectivity index (χ2v) is 39.4. The molecule has 0 aliphatic heterocycles. The molecule has 4 aromatic rings. The smallest absolute Gasteiger partial charge is 0.0145 e. The first kappa shape index (κ1) is 37.5. The third-order valence-corrected chi connectivity index (χ3v) is 27.3. The molecule has 0 nitrogen and oxygen atoms in total. The van der Waals surface area contributed by atoms with Crippen LogP contribution in [0.1, 0.15) is 116 Å². The van der Waals surface area contributed by atoms with Gasteiger partial charge in [0.1, 0.15) is 0 Å². The maximum Gasteiger partial charge on any atom is -0.0145 e. The SMILES string of the molecule is C[Si](C)=[Zr]([Cl])[Cl].Cc1cc2cc(C(C)(C)C)c(C(C)(C)C)cc2[cH-]1.Cc1cc2cc(C(C)(C)C)c(C(C)(C)C)cc2[cH-]1. The van der Waals surface area contributed by atoms with Gasteiger partial charge in [-0.3, -0.25) is 0 Å². The first-order valence-electron chi connectivity index (χ1n) is 15.2. The van der Waals surface area contributed by atoms with Gasteiger partial charge in [0.25, 0.3) is 0 Å². The van der Waals surface area contributed by atoms with Gasteiger partial charge in [0.15, 0.2) is 0 Å². The molecule has 42 heavy (non-hydrogen) atoms. The summed E-state index contributed by atoms with van der Waals surface area (Å²) in [5.41, 5.74) is 9.20. The van der Waals surface area contributed by atoms with Crippen molar-refractivity contribution in [3.63, 3.8) is 0 Å². The molecule has 0 unspecified atom stereocenters. The summed E-state index contributed by atoms with van der Waals surface area (Å²) in [4.78, 5) is 0. The molecule has 0 aliphatic carbocycles. The molecule has 0 heterocycles. The quantitative estimate of drug-likeness (QED) is 0.126. The topological polar surface area (TPSA) is 0 Å². The van der Waals surface area contributed by atoms with Crippen LogP contribution in [0.15, 0.2) is 48.5 Å². The van der Waals surface area contributed by atoms with E-state index in [-0.39, 0.29) is 27.1 Å². The molecule has 0 bridgehead atoms. The predicted molar refractivity (Wildman–Crippen MR) is 193 cm³/mol. The maximum absolute atomic E-state index is 5.62. The number of hydrogen-bond acceptors (Lipinski definition) is 0. The second kappa shape index (κ2) is 13.8. The Labute approximate surface area is 273 Å². The van der Waals surface area contributed by atoms with Crippen LogP contribution in [0.4, 0.5) is 0 Å². The standard InChI is InChI=1S/2C18H25.C2H6Si.2ClH.Zr/c2*1-12-8-13-10-15(17(2,3)4)16(18(5,6)7)11-14(13)9-12;1-3-2;;;/h2*8-11H,1-7H3;1-2H3;2*1H;/q2*-1;;;;+2/p-2. The number of rotatable bonds is 0. The van der Waals surface area contributed by atoms with Crippen LogP contribution >= 0.6 is 17.0 Å². The number of hydrogen-bond donors (Lipinski definition) is 0. The Balaban J connectivity index is 0.000000247. The summed E-state index contributed by atoms with van der Waals surface area (Å²) in [7, 11) is 11.2. The van der Waals surface area contributed by atoms with Gasteiger partial charge in [-0.1, -0.05) is 119 Å². The summed E-state index contributed by atoms with van der Waals surface area (Å²) in [5.74, 6) is 0. The summed E-state index contributed by atoms with van der Waals surface area (Å²) < 4.78 is 0. The van der Waals surface area contributed by atoms with Crippen LogP contribution in [0.3, 0.4) is 0 Å². The molecule has 4 aromatic carbocycles. The van der Waals surface area contributed by atoms with Gasteiger partial charge in [0.05, 0.1) is 0 Å².